The van der Waals surface area contributed by atoms with Crippen molar-refractivity contribution in [2.24, 2.45) is 0 Å². The lowest BCUT2D eigenvalue weighted by atomic mass is 9.93. The molecular formula is C18H16N6O2. The minimum absolute atomic E-state index is 0.0232. The van der Waals surface area contributed by atoms with Crippen LogP contribution in [0, 0.1) is 0 Å². The SMILES string of the molecule is CC1(c2cccnc2)NC(=O)N(Cc2ncnn2-c2ccccc2)C1=O. The molecule has 1 aromatic carbocycles. The molecule has 1 N–H and O–H groups in total. The molecule has 130 valence electrons. The predicted molar refractivity (Wildman–Crippen MR) is 92.0 cm³/mol. The summed E-state index contributed by atoms with van der Waals surface area (Å²) in [6.07, 6.45) is 4.60. The number of amides is 3. The van der Waals surface area contributed by atoms with Gasteiger partial charge in [-0.1, -0.05) is 24.3 Å². The van der Waals surface area contributed by atoms with E-state index in [0.29, 0.717) is 11.4 Å². The molecule has 0 saturated carbocycles. The minimum Gasteiger partial charge on any atom is -0.319 e. The van der Waals surface area contributed by atoms with Crippen LogP contribution in [0.5, 0.6) is 0 Å². The maximum atomic E-state index is 13.0. The largest absolute Gasteiger partial charge is 0.325 e. The fourth-order valence-electron chi connectivity index (χ4n) is 2.99. The van der Waals surface area contributed by atoms with Gasteiger partial charge in [-0.05, 0) is 25.1 Å². The number of hydrogen-bond acceptors (Lipinski definition) is 5. The summed E-state index contributed by atoms with van der Waals surface area (Å²) < 4.78 is 1.61. The van der Waals surface area contributed by atoms with Gasteiger partial charge in [-0.25, -0.2) is 14.5 Å². The number of pyridine rings is 1. The lowest BCUT2D eigenvalue weighted by Crippen LogP contribution is -2.41. The molecule has 1 atom stereocenters. The number of urea groups is 1. The number of nitrogens with zero attached hydrogens (tertiary/aromatic N) is 5. The fourth-order valence-corrected chi connectivity index (χ4v) is 2.99. The summed E-state index contributed by atoms with van der Waals surface area (Å²) >= 11 is 0. The summed E-state index contributed by atoms with van der Waals surface area (Å²) in [5.74, 6) is 0.147. The maximum absolute atomic E-state index is 13.0. The molecule has 3 heterocycles. The fraction of sp³-hybridized carbons (Fsp3) is 0.167. The van der Waals surface area contributed by atoms with Crippen molar-refractivity contribution in [1.29, 1.82) is 0 Å². The molecule has 1 aliphatic rings. The van der Waals surface area contributed by atoms with Gasteiger partial charge in [0.05, 0.1) is 12.2 Å². The standard InChI is InChI=1S/C18H16N6O2/c1-18(13-6-5-9-19-10-13)16(25)23(17(26)22-18)11-15-20-12-21-24(15)14-7-3-2-4-8-14/h2-10,12H,11H2,1H3,(H,22,26). The van der Waals surface area contributed by atoms with Crippen LogP contribution in [0.1, 0.15) is 18.3 Å². The van der Waals surface area contributed by atoms with Gasteiger partial charge in [-0.3, -0.25) is 14.7 Å². The molecule has 2 aromatic heterocycles. The van der Waals surface area contributed by atoms with Gasteiger partial charge in [-0.15, -0.1) is 0 Å². The van der Waals surface area contributed by atoms with Crippen molar-refractivity contribution in [3.63, 3.8) is 0 Å². The van der Waals surface area contributed by atoms with Gasteiger partial charge in [0.2, 0.25) is 0 Å². The molecule has 0 spiro atoms. The number of carbonyl (C=O) groups is 2. The summed E-state index contributed by atoms with van der Waals surface area (Å²) in [4.78, 5) is 34.8. The zero-order chi connectivity index (χ0) is 18.1. The molecule has 8 nitrogen and oxygen atoms in total. The monoisotopic (exact) mass is 348 g/mol. The van der Waals surface area contributed by atoms with Crippen LogP contribution in [0.2, 0.25) is 0 Å². The van der Waals surface area contributed by atoms with Crippen molar-refractivity contribution in [2.75, 3.05) is 0 Å². The van der Waals surface area contributed by atoms with E-state index in [1.807, 2.05) is 30.3 Å². The Morgan fingerprint density at radius 2 is 1.92 bits per heavy atom. The van der Waals surface area contributed by atoms with Crippen LogP contribution < -0.4 is 5.32 Å². The van der Waals surface area contributed by atoms with Gasteiger partial charge >= 0.3 is 6.03 Å². The van der Waals surface area contributed by atoms with E-state index in [1.54, 1.807) is 36.1 Å². The second-order valence-electron chi connectivity index (χ2n) is 6.11. The lowest BCUT2D eigenvalue weighted by molar-refractivity contribution is -0.131. The van der Waals surface area contributed by atoms with E-state index in [-0.39, 0.29) is 12.5 Å². The molecule has 3 amide bonds. The number of nitrogens with one attached hydrogen (secondary N) is 1. The van der Waals surface area contributed by atoms with Gasteiger partial charge in [-0.2, -0.15) is 5.10 Å². The Kier molecular flexibility index (Phi) is 3.72. The molecule has 1 fully saturated rings. The molecule has 1 aliphatic heterocycles. The molecule has 26 heavy (non-hydrogen) atoms. The Hall–Kier alpha value is -3.55. The number of benzene rings is 1. The Bertz CT molecular complexity index is 956. The lowest BCUT2D eigenvalue weighted by Gasteiger charge is -2.21. The van der Waals surface area contributed by atoms with Crippen LogP contribution in [0.15, 0.2) is 61.2 Å². The topological polar surface area (TPSA) is 93.0 Å². The van der Waals surface area contributed by atoms with Crippen molar-refractivity contribution >= 4 is 11.9 Å². The van der Waals surface area contributed by atoms with E-state index in [9.17, 15) is 9.59 Å². The second kappa shape index (κ2) is 6.07. The molecule has 4 rings (SSSR count). The van der Waals surface area contributed by atoms with Crippen LogP contribution in [0.3, 0.4) is 0 Å². The van der Waals surface area contributed by atoms with Crippen molar-refractivity contribution in [2.45, 2.75) is 19.0 Å². The van der Waals surface area contributed by atoms with E-state index in [2.05, 4.69) is 20.4 Å². The smallest absolute Gasteiger partial charge is 0.319 e. The van der Waals surface area contributed by atoms with Crippen LogP contribution in [-0.2, 0) is 16.9 Å². The highest BCUT2D eigenvalue weighted by Crippen LogP contribution is 2.29. The van der Waals surface area contributed by atoms with Crippen LogP contribution in [0.4, 0.5) is 4.79 Å². The van der Waals surface area contributed by atoms with E-state index >= 15 is 0 Å². The highest BCUT2D eigenvalue weighted by atomic mass is 16.2. The van der Waals surface area contributed by atoms with E-state index in [0.717, 1.165) is 10.6 Å². The molecule has 3 aromatic rings. The van der Waals surface area contributed by atoms with Crippen LogP contribution in [0.25, 0.3) is 5.69 Å². The highest BCUT2D eigenvalue weighted by Gasteiger charge is 2.49. The van der Waals surface area contributed by atoms with Crippen molar-refractivity contribution in [3.8, 4) is 5.69 Å². The van der Waals surface area contributed by atoms with E-state index in [4.69, 9.17) is 0 Å². The molecule has 0 bridgehead atoms. The van der Waals surface area contributed by atoms with Gasteiger partial charge < -0.3 is 5.32 Å². The van der Waals surface area contributed by atoms with Crippen molar-refractivity contribution in [3.05, 3.63) is 72.6 Å². The Balaban J connectivity index is 1.64. The number of aromatic nitrogens is 4. The van der Waals surface area contributed by atoms with E-state index < -0.39 is 11.6 Å². The van der Waals surface area contributed by atoms with Crippen molar-refractivity contribution in [1.82, 2.24) is 30.0 Å². The van der Waals surface area contributed by atoms with Gasteiger partial charge in [0.1, 0.15) is 11.9 Å². The summed E-state index contributed by atoms with van der Waals surface area (Å²) in [6.45, 7) is 1.70. The average Bonchev–Trinajstić information content (AvgIpc) is 3.22. The zero-order valence-corrected chi connectivity index (χ0v) is 14.0. The summed E-state index contributed by atoms with van der Waals surface area (Å²) in [5.41, 5.74) is 0.288. The quantitative estimate of drug-likeness (QED) is 0.724. The first-order valence-electron chi connectivity index (χ1n) is 8.08. The van der Waals surface area contributed by atoms with Gasteiger partial charge in [0.25, 0.3) is 5.91 Å². The first kappa shape index (κ1) is 15.9. The van der Waals surface area contributed by atoms with Crippen LogP contribution in [-0.4, -0.2) is 36.6 Å². The third-order valence-electron chi connectivity index (χ3n) is 4.43. The number of rotatable bonds is 4. The van der Waals surface area contributed by atoms with Gasteiger partial charge in [0.15, 0.2) is 5.82 Å². The Labute approximate surface area is 149 Å². The van der Waals surface area contributed by atoms with E-state index in [1.165, 1.54) is 6.33 Å². The second-order valence-corrected chi connectivity index (χ2v) is 6.11. The summed E-state index contributed by atoms with van der Waals surface area (Å²) in [6, 6.07) is 12.5. The normalized spacial score (nSPS) is 19.7. The number of carbonyl (C=O) groups excluding carboxylic acids is 2. The first-order chi connectivity index (χ1) is 12.6. The average molecular weight is 348 g/mol. The predicted octanol–water partition coefficient (Wildman–Crippen LogP) is 1.63. The molecular weight excluding hydrogens is 332 g/mol. The third kappa shape index (κ3) is 2.52. The first-order valence-corrected chi connectivity index (χ1v) is 8.08. The van der Waals surface area contributed by atoms with Crippen LogP contribution >= 0.6 is 0 Å². The Morgan fingerprint density at radius 3 is 2.65 bits per heavy atom. The molecule has 8 heteroatoms. The number of hydrogen-bond donors (Lipinski definition) is 1. The Morgan fingerprint density at radius 1 is 1.12 bits per heavy atom. The number of imide groups is 1. The molecule has 1 unspecified atom stereocenters. The number of para-hydroxylation sites is 1. The molecule has 1 saturated heterocycles. The van der Waals surface area contributed by atoms with Gasteiger partial charge in [0, 0.05) is 18.0 Å². The summed E-state index contributed by atoms with van der Waals surface area (Å²) in [7, 11) is 0. The molecule has 0 aliphatic carbocycles. The zero-order valence-electron chi connectivity index (χ0n) is 14.0. The maximum Gasteiger partial charge on any atom is 0.325 e. The highest BCUT2D eigenvalue weighted by molar-refractivity contribution is 6.07. The minimum atomic E-state index is -1.15. The third-order valence-corrected chi connectivity index (χ3v) is 4.43. The summed E-state index contributed by atoms with van der Waals surface area (Å²) in [5, 5.41) is 6.96. The van der Waals surface area contributed by atoms with Crippen molar-refractivity contribution < 1.29 is 9.59 Å². The molecule has 0 radical (unpaired) electrons.